The van der Waals surface area contributed by atoms with Crippen LogP contribution in [-0.2, 0) is 0 Å². The molecular formula is C15H22N6. The number of nitrogens with one attached hydrogen (secondary N) is 1. The van der Waals surface area contributed by atoms with Crippen LogP contribution in [0.3, 0.4) is 0 Å². The van der Waals surface area contributed by atoms with E-state index in [1.54, 1.807) is 4.68 Å². The first-order chi connectivity index (χ1) is 10.3. The van der Waals surface area contributed by atoms with Gasteiger partial charge in [-0.25, -0.2) is 0 Å². The molecule has 0 aliphatic heterocycles. The van der Waals surface area contributed by atoms with Crippen LogP contribution in [0, 0.1) is 12.8 Å². The van der Waals surface area contributed by atoms with E-state index in [2.05, 4.69) is 33.0 Å². The van der Waals surface area contributed by atoms with Crippen molar-refractivity contribution >= 4 is 5.69 Å². The molecular weight excluding hydrogens is 264 g/mol. The van der Waals surface area contributed by atoms with Crippen LogP contribution in [0.2, 0.25) is 0 Å². The minimum atomic E-state index is 0.467. The number of benzene rings is 1. The minimum Gasteiger partial charge on any atom is -0.382 e. The third-order valence-corrected chi connectivity index (χ3v) is 4.28. The molecule has 1 heterocycles. The fourth-order valence-corrected chi connectivity index (χ4v) is 3.09. The summed E-state index contributed by atoms with van der Waals surface area (Å²) in [6.45, 7) is 2.65. The molecule has 0 saturated heterocycles. The molecule has 1 saturated carbocycles. The van der Waals surface area contributed by atoms with Gasteiger partial charge in [0.2, 0.25) is 0 Å². The topological polar surface area (TPSA) is 81.7 Å². The third kappa shape index (κ3) is 3.05. The molecule has 1 aliphatic carbocycles. The van der Waals surface area contributed by atoms with E-state index in [1.165, 1.54) is 25.7 Å². The van der Waals surface area contributed by atoms with E-state index in [0.717, 1.165) is 23.7 Å². The highest BCUT2D eigenvalue weighted by molar-refractivity contribution is 5.51. The van der Waals surface area contributed by atoms with Crippen molar-refractivity contribution in [2.24, 2.45) is 11.7 Å². The van der Waals surface area contributed by atoms with Crippen molar-refractivity contribution in [1.82, 2.24) is 20.2 Å². The van der Waals surface area contributed by atoms with Crippen molar-refractivity contribution in [1.29, 1.82) is 0 Å². The summed E-state index contributed by atoms with van der Waals surface area (Å²) < 4.78 is 1.74. The number of nitrogens with zero attached hydrogens (tertiary/aromatic N) is 4. The molecule has 2 unspecified atom stereocenters. The van der Waals surface area contributed by atoms with Gasteiger partial charge in [0.05, 0.1) is 5.69 Å². The summed E-state index contributed by atoms with van der Waals surface area (Å²) in [5.41, 5.74) is 7.98. The Balaban J connectivity index is 1.78. The van der Waals surface area contributed by atoms with Crippen LogP contribution in [0.5, 0.6) is 0 Å². The van der Waals surface area contributed by atoms with Gasteiger partial charge in [-0.05, 0) is 60.9 Å². The van der Waals surface area contributed by atoms with Crippen molar-refractivity contribution in [3.8, 4) is 5.69 Å². The average molecular weight is 286 g/mol. The lowest BCUT2D eigenvalue weighted by molar-refractivity contribution is 0.332. The fourth-order valence-electron chi connectivity index (χ4n) is 3.09. The van der Waals surface area contributed by atoms with Crippen molar-refractivity contribution < 1.29 is 0 Å². The molecule has 1 fully saturated rings. The SMILES string of the molecule is Cc1nnnn1-c1cccc(NC2CCCCC2CN)c1. The first-order valence-electron chi connectivity index (χ1n) is 7.60. The molecule has 6 nitrogen and oxygen atoms in total. The largest absolute Gasteiger partial charge is 0.382 e. The molecule has 2 aromatic rings. The number of aryl methyl sites for hydroxylation is 1. The van der Waals surface area contributed by atoms with Crippen LogP contribution in [-0.4, -0.2) is 32.8 Å². The van der Waals surface area contributed by atoms with Crippen molar-refractivity contribution in [3.63, 3.8) is 0 Å². The van der Waals surface area contributed by atoms with Gasteiger partial charge in [-0.1, -0.05) is 18.9 Å². The highest BCUT2D eigenvalue weighted by Gasteiger charge is 2.23. The number of nitrogens with two attached hydrogens (primary N) is 1. The van der Waals surface area contributed by atoms with Gasteiger partial charge >= 0.3 is 0 Å². The van der Waals surface area contributed by atoms with Crippen LogP contribution in [0.4, 0.5) is 5.69 Å². The number of hydrogen-bond acceptors (Lipinski definition) is 5. The monoisotopic (exact) mass is 286 g/mol. The maximum Gasteiger partial charge on any atom is 0.153 e. The smallest absolute Gasteiger partial charge is 0.153 e. The molecule has 3 rings (SSSR count). The molecule has 1 aromatic heterocycles. The molecule has 112 valence electrons. The zero-order valence-electron chi connectivity index (χ0n) is 12.4. The molecule has 1 aromatic carbocycles. The molecule has 3 N–H and O–H groups in total. The summed E-state index contributed by atoms with van der Waals surface area (Å²) in [6, 6.07) is 8.68. The number of rotatable bonds is 4. The number of aromatic nitrogens is 4. The van der Waals surface area contributed by atoms with E-state index in [0.29, 0.717) is 12.0 Å². The summed E-state index contributed by atoms with van der Waals surface area (Å²) in [5, 5.41) is 15.3. The van der Waals surface area contributed by atoms with E-state index in [1.807, 2.05) is 19.1 Å². The van der Waals surface area contributed by atoms with Crippen LogP contribution < -0.4 is 11.1 Å². The van der Waals surface area contributed by atoms with Crippen molar-refractivity contribution in [3.05, 3.63) is 30.1 Å². The molecule has 1 aliphatic rings. The Morgan fingerprint density at radius 1 is 1.33 bits per heavy atom. The van der Waals surface area contributed by atoms with Crippen LogP contribution in [0.1, 0.15) is 31.5 Å². The van der Waals surface area contributed by atoms with Gasteiger partial charge in [-0.3, -0.25) is 0 Å². The molecule has 0 spiro atoms. The lowest BCUT2D eigenvalue weighted by Crippen LogP contribution is -2.36. The van der Waals surface area contributed by atoms with Crippen LogP contribution >= 0.6 is 0 Å². The van der Waals surface area contributed by atoms with Gasteiger partial charge < -0.3 is 11.1 Å². The molecule has 0 radical (unpaired) electrons. The summed E-state index contributed by atoms with van der Waals surface area (Å²) in [5.74, 6) is 1.35. The molecule has 6 heteroatoms. The Labute approximate surface area is 124 Å². The van der Waals surface area contributed by atoms with Crippen LogP contribution in [0.25, 0.3) is 5.69 Å². The van der Waals surface area contributed by atoms with Crippen molar-refractivity contribution in [2.75, 3.05) is 11.9 Å². The van der Waals surface area contributed by atoms with E-state index >= 15 is 0 Å². The average Bonchev–Trinajstić information content (AvgIpc) is 2.94. The number of hydrogen-bond donors (Lipinski definition) is 2. The maximum atomic E-state index is 5.90. The first kappa shape index (κ1) is 14.0. The van der Waals surface area contributed by atoms with E-state index < -0.39 is 0 Å². The quantitative estimate of drug-likeness (QED) is 0.897. The minimum absolute atomic E-state index is 0.467. The second kappa shape index (κ2) is 6.22. The summed E-state index contributed by atoms with van der Waals surface area (Å²) >= 11 is 0. The lowest BCUT2D eigenvalue weighted by Gasteiger charge is -2.32. The Morgan fingerprint density at radius 3 is 2.95 bits per heavy atom. The van der Waals surface area contributed by atoms with Gasteiger partial charge in [-0.15, -0.1) is 5.10 Å². The Morgan fingerprint density at radius 2 is 2.19 bits per heavy atom. The van der Waals surface area contributed by atoms with E-state index in [-0.39, 0.29) is 0 Å². The van der Waals surface area contributed by atoms with Crippen LogP contribution in [0.15, 0.2) is 24.3 Å². The Hall–Kier alpha value is -1.95. The normalized spacial score (nSPS) is 22.2. The maximum absolute atomic E-state index is 5.90. The highest BCUT2D eigenvalue weighted by atomic mass is 15.5. The Bertz CT molecular complexity index is 593. The van der Waals surface area contributed by atoms with Crippen molar-refractivity contribution in [2.45, 2.75) is 38.6 Å². The number of anilines is 1. The van der Waals surface area contributed by atoms with E-state index in [9.17, 15) is 0 Å². The van der Waals surface area contributed by atoms with Gasteiger partial charge in [0, 0.05) is 11.7 Å². The highest BCUT2D eigenvalue weighted by Crippen LogP contribution is 2.27. The van der Waals surface area contributed by atoms with Gasteiger partial charge in [0.25, 0.3) is 0 Å². The second-order valence-electron chi connectivity index (χ2n) is 5.72. The summed E-state index contributed by atoms with van der Waals surface area (Å²) in [7, 11) is 0. The standard InChI is InChI=1S/C15H22N6/c1-11-18-19-20-21(11)14-7-4-6-13(9-14)17-15-8-3-2-5-12(15)10-16/h4,6-7,9,12,15,17H,2-3,5,8,10,16H2,1H3. The number of tetrazole rings is 1. The predicted molar refractivity (Wildman–Crippen MR) is 82.3 cm³/mol. The Kier molecular flexibility index (Phi) is 4.15. The zero-order valence-corrected chi connectivity index (χ0v) is 12.4. The fraction of sp³-hybridized carbons (Fsp3) is 0.533. The van der Waals surface area contributed by atoms with Gasteiger partial charge in [0.1, 0.15) is 0 Å². The molecule has 21 heavy (non-hydrogen) atoms. The summed E-state index contributed by atoms with van der Waals surface area (Å²) in [6.07, 6.45) is 4.99. The van der Waals surface area contributed by atoms with Gasteiger partial charge in [0.15, 0.2) is 5.82 Å². The van der Waals surface area contributed by atoms with E-state index in [4.69, 9.17) is 5.73 Å². The predicted octanol–water partition coefficient (Wildman–Crippen LogP) is 1.90. The van der Waals surface area contributed by atoms with Gasteiger partial charge in [-0.2, -0.15) is 4.68 Å². The zero-order chi connectivity index (χ0) is 14.7. The second-order valence-corrected chi connectivity index (χ2v) is 5.72. The summed E-state index contributed by atoms with van der Waals surface area (Å²) in [4.78, 5) is 0. The molecule has 2 atom stereocenters. The molecule has 0 amide bonds. The third-order valence-electron chi connectivity index (χ3n) is 4.28. The first-order valence-corrected chi connectivity index (χ1v) is 7.60. The lowest BCUT2D eigenvalue weighted by atomic mass is 9.84. The molecule has 0 bridgehead atoms.